The molecule has 8 nitrogen and oxygen atoms in total. The molecule has 3 aromatic rings. The molecule has 0 heterocycles. The van der Waals surface area contributed by atoms with E-state index in [0.29, 0.717) is 11.3 Å². The predicted molar refractivity (Wildman–Crippen MR) is 121 cm³/mol. The van der Waals surface area contributed by atoms with E-state index in [-0.39, 0.29) is 22.8 Å². The molecule has 2 amide bonds. The quantitative estimate of drug-likeness (QED) is 0.406. The summed E-state index contributed by atoms with van der Waals surface area (Å²) in [6, 6.07) is 19.2. The van der Waals surface area contributed by atoms with Gasteiger partial charge in [0.1, 0.15) is 11.3 Å². The van der Waals surface area contributed by atoms with E-state index >= 15 is 0 Å². The van der Waals surface area contributed by atoms with Gasteiger partial charge in [0.05, 0.1) is 7.11 Å². The first kappa shape index (κ1) is 22.8. The fourth-order valence-corrected chi connectivity index (χ4v) is 3.99. The second kappa shape index (κ2) is 9.97. The Bertz CT molecular complexity index is 1230. The number of esters is 1. The Morgan fingerprint density at radius 1 is 0.875 bits per heavy atom. The Labute approximate surface area is 186 Å². The number of anilines is 2. The van der Waals surface area contributed by atoms with Crippen molar-refractivity contribution in [2.45, 2.75) is 12.7 Å². The summed E-state index contributed by atoms with van der Waals surface area (Å²) in [5, 5.41) is 5.28. The van der Waals surface area contributed by atoms with Gasteiger partial charge in [0.25, 0.3) is 0 Å². The first-order valence-electron chi connectivity index (χ1n) is 9.59. The van der Waals surface area contributed by atoms with Crippen LogP contribution in [0.25, 0.3) is 0 Å². The van der Waals surface area contributed by atoms with Gasteiger partial charge in [0.15, 0.2) is 5.75 Å². The molecule has 2 N–H and O–H groups in total. The second-order valence-electron chi connectivity index (χ2n) is 6.92. The molecule has 9 heteroatoms. The molecule has 3 rings (SSSR count). The van der Waals surface area contributed by atoms with E-state index in [1.165, 1.54) is 18.2 Å². The molecule has 3 aromatic carbocycles. The molecular formula is C23H22N2O6S. The van der Waals surface area contributed by atoms with E-state index in [9.17, 15) is 18.0 Å². The zero-order valence-corrected chi connectivity index (χ0v) is 18.3. The van der Waals surface area contributed by atoms with Crippen molar-refractivity contribution in [2.75, 3.05) is 17.7 Å². The van der Waals surface area contributed by atoms with Gasteiger partial charge >= 0.3 is 22.1 Å². The SMILES string of the molecule is COC(=O)c1cc(NC(=O)Nc2cccc(C)c2)ccc1OS(=O)(=O)Cc1ccccc1. The van der Waals surface area contributed by atoms with Gasteiger partial charge in [-0.3, -0.25) is 0 Å². The molecular weight excluding hydrogens is 432 g/mol. The van der Waals surface area contributed by atoms with E-state index in [4.69, 9.17) is 8.92 Å². The molecule has 0 bridgehead atoms. The van der Waals surface area contributed by atoms with Crippen LogP contribution in [0.5, 0.6) is 5.75 Å². The Hall–Kier alpha value is -3.85. The summed E-state index contributed by atoms with van der Waals surface area (Å²) in [4.78, 5) is 24.5. The average molecular weight is 455 g/mol. The van der Waals surface area contributed by atoms with E-state index in [1.807, 2.05) is 19.1 Å². The minimum atomic E-state index is -4.04. The van der Waals surface area contributed by atoms with Gasteiger partial charge in [-0.05, 0) is 48.4 Å². The van der Waals surface area contributed by atoms with Crippen molar-refractivity contribution in [3.8, 4) is 5.75 Å². The number of carbonyl (C=O) groups is 2. The summed E-state index contributed by atoms with van der Waals surface area (Å²) in [7, 11) is -2.88. The summed E-state index contributed by atoms with van der Waals surface area (Å²) in [5.41, 5.74) is 2.23. The van der Waals surface area contributed by atoms with Gasteiger partial charge in [-0.1, -0.05) is 42.5 Å². The van der Waals surface area contributed by atoms with Gasteiger partial charge in [0, 0.05) is 11.4 Å². The van der Waals surface area contributed by atoms with Crippen LogP contribution in [0.1, 0.15) is 21.5 Å². The maximum Gasteiger partial charge on any atom is 0.341 e. The summed E-state index contributed by atoms with van der Waals surface area (Å²) in [6.45, 7) is 1.90. The van der Waals surface area contributed by atoms with Crippen LogP contribution in [0.15, 0.2) is 72.8 Å². The molecule has 0 spiro atoms. The molecule has 0 radical (unpaired) electrons. The van der Waals surface area contributed by atoms with Crippen molar-refractivity contribution in [3.63, 3.8) is 0 Å². The van der Waals surface area contributed by atoms with Crippen LogP contribution in [0.4, 0.5) is 16.2 Å². The van der Waals surface area contributed by atoms with Crippen LogP contribution in [-0.2, 0) is 20.6 Å². The molecule has 0 saturated heterocycles. The summed E-state index contributed by atoms with van der Waals surface area (Å²) in [5.74, 6) is -1.37. The Balaban J connectivity index is 1.78. The molecule has 0 atom stereocenters. The number of aryl methyl sites for hydroxylation is 1. The largest absolute Gasteiger partial charge is 0.465 e. The number of hydrogen-bond acceptors (Lipinski definition) is 6. The normalized spacial score (nSPS) is 10.8. The van der Waals surface area contributed by atoms with Crippen molar-refractivity contribution in [2.24, 2.45) is 0 Å². The van der Waals surface area contributed by atoms with E-state index in [0.717, 1.165) is 12.7 Å². The van der Waals surface area contributed by atoms with Gasteiger partial charge in [0.2, 0.25) is 0 Å². The Morgan fingerprint density at radius 3 is 2.22 bits per heavy atom. The minimum Gasteiger partial charge on any atom is -0.465 e. The zero-order valence-electron chi connectivity index (χ0n) is 17.5. The number of nitrogens with one attached hydrogen (secondary N) is 2. The maximum absolute atomic E-state index is 12.5. The third-order valence-corrected chi connectivity index (χ3v) is 5.44. The molecule has 0 saturated carbocycles. The van der Waals surface area contributed by atoms with Crippen molar-refractivity contribution in [1.82, 2.24) is 0 Å². The predicted octanol–water partition coefficient (Wildman–Crippen LogP) is 4.33. The first-order chi connectivity index (χ1) is 15.3. The maximum atomic E-state index is 12.5. The van der Waals surface area contributed by atoms with Crippen LogP contribution in [-0.4, -0.2) is 27.5 Å². The number of benzene rings is 3. The van der Waals surface area contributed by atoms with Gasteiger partial charge in [-0.25, -0.2) is 9.59 Å². The van der Waals surface area contributed by atoms with Crippen molar-refractivity contribution in [1.29, 1.82) is 0 Å². The fourth-order valence-electron chi connectivity index (χ4n) is 2.91. The molecule has 166 valence electrons. The van der Waals surface area contributed by atoms with Crippen molar-refractivity contribution < 1.29 is 26.9 Å². The van der Waals surface area contributed by atoms with Gasteiger partial charge in [-0.2, -0.15) is 8.42 Å². The molecule has 0 aromatic heterocycles. The number of ether oxygens (including phenoxy) is 1. The smallest absolute Gasteiger partial charge is 0.341 e. The van der Waals surface area contributed by atoms with E-state index in [1.54, 1.807) is 42.5 Å². The third kappa shape index (κ3) is 6.32. The van der Waals surface area contributed by atoms with Crippen molar-refractivity contribution >= 4 is 33.5 Å². The lowest BCUT2D eigenvalue weighted by atomic mass is 10.2. The number of methoxy groups -OCH3 is 1. The first-order valence-corrected chi connectivity index (χ1v) is 11.2. The molecule has 0 unspecified atom stereocenters. The van der Waals surface area contributed by atoms with Crippen LogP contribution < -0.4 is 14.8 Å². The number of rotatable bonds is 7. The molecule has 0 aliphatic rings. The summed E-state index contributed by atoms with van der Waals surface area (Å²) >= 11 is 0. The summed E-state index contributed by atoms with van der Waals surface area (Å²) < 4.78 is 34.9. The fraction of sp³-hybridized carbons (Fsp3) is 0.130. The molecule has 32 heavy (non-hydrogen) atoms. The minimum absolute atomic E-state index is 0.141. The highest BCUT2D eigenvalue weighted by atomic mass is 32.2. The molecule has 0 aliphatic carbocycles. The molecule has 0 aliphatic heterocycles. The van der Waals surface area contributed by atoms with Gasteiger partial charge in [-0.15, -0.1) is 0 Å². The highest BCUT2D eigenvalue weighted by molar-refractivity contribution is 7.86. The second-order valence-corrected chi connectivity index (χ2v) is 8.49. The topological polar surface area (TPSA) is 111 Å². The summed E-state index contributed by atoms with van der Waals surface area (Å²) in [6.07, 6.45) is 0. The van der Waals surface area contributed by atoms with E-state index < -0.39 is 22.1 Å². The third-order valence-electron chi connectivity index (χ3n) is 4.32. The van der Waals surface area contributed by atoms with Gasteiger partial charge < -0.3 is 19.6 Å². The Kier molecular flexibility index (Phi) is 7.11. The van der Waals surface area contributed by atoms with Crippen molar-refractivity contribution in [3.05, 3.63) is 89.5 Å². The van der Waals surface area contributed by atoms with Crippen LogP contribution in [0.3, 0.4) is 0 Å². The highest BCUT2D eigenvalue weighted by Gasteiger charge is 2.21. The number of amides is 2. The standard InChI is InChI=1S/C23H22N2O6S/c1-16-7-6-10-18(13-16)24-23(27)25-19-11-12-21(20(14-19)22(26)30-2)31-32(28,29)15-17-8-4-3-5-9-17/h3-14H,15H2,1-2H3,(H2,24,25,27). The monoisotopic (exact) mass is 454 g/mol. The van der Waals surface area contributed by atoms with Crippen LogP contribution in [0, 0.1) is 6.92 Å². The number of carbonyl (C=O) groups excluding carboxylic acids is 2. The number of hydrogen-bond donors (Lipinski definition) is 2. The lowest BCUT2D eigenvalue weighted by molar-refractivity contribution is 0.0599. The highest BCUT2D eigenvalue weighted by Crippen LogP contribution is 2.26. The lowest BCUT2D eigenvalue weighted by Crippen LogP contribution is -2.20. The van der Waals surface area contributed by atoms with Crippen LogP contribution >= 0.6 is 0 Å². The lowest BCUT2D eigenvalue weighted by Gasteiger charge is -2.13. The Morgan fingerprint density at radius 2 is 1.56 bits per heavy atom. The number of urea groups is 1. The zero-order chi connectivity index (χ0) is 23.1. The van der Waals surface area contributed by atoms with E-state index in [2.05, 4.69) is 10.6 Å². The average Bonchev–Trinajstić information content (AvgIpc) is 2.74. The molecule has 0 fully saturated rings. The van der Waals surface area contributed by atoms with Crippen LogP contribution in [0.2, 0.25) is 0 Å².